The standard InChI is InChI=1S/C13H9ClN4O2/c14-9-3-1-2-4-10(9)17-12-8(13(19)20)7-15-11-5-6-16-18(11)12/h1-7,17H,(H,19,20). The summed E-state index contributed by atoms with van der Waals surface area (Å²) < 4.78 is 1.42. The van der Waals surface area contributed by atoms with E-state index in [9.17, 15) is 9.90 Å². The third kappa shape index (κ3) is 2.06. The average Bonchev–Trinajstić information content (AvgIpc) is 2.90. The topological polar surface area (TPSA) is 79.5 Å². The minimum Gasteiger partial charge on any atom is -0.477 e. The Morgan fingerprint density at radius 2 is 2.10 bits per heavy atom. The second-order valence-corrected chi connectivity index (χ2v) is 4.44. The molecule has 0 saturated carbocycles. The normalized spacial score (nSPS) is 10.7. The van der Waals surface area contributed by atoms with E-state index in [1.165, 1.54) is 10.7 Å². The predicted molar refractivity (Wildman–Crippen MR) is 74.7 cm³/mol. The summed E-state index contributed by atoms with van der Waals surface area (Å²) in [6.07, 6.45) is 2.84. The van der Waals surface area contributed by atoms with E-state index < -0.39 is 5.97 Å². The molecule has 0 spiro atoms. The number of hydrogen-bond donors (Lipinski definition) is 2. The van der Waals surface area contributed by atoms with E-state index in [1.54, 1.807) is 36.5 Å². The minimum absolute atomic E-state index is 0.0149. The van der Waals surface area contributed by atoms with Crippen LogP contribution in [0.2, 0.25) is 5.02 Å². The highest BCUT2D eigenvalue weighted by Crippen LogP contribution is 2.26. The van der Waals surface area contributed by atoms with E-state index in [2.05, 4.69) is 15.4 Å². The number of nitrogens with one attached hydrogen (secondary N) is 1. The Balaban J connectivity index is 2.18. The maximum absolute atomic E-state index is 11.3. The number of anilines is 2. The van der Waals surface area contributed by atoms with E-state index in [4.69, 9.17) is 11.6 Å². The molecule has 20 heavy (non-hydrogen) atoms. The van der Waals surface area contributed by atoms with Gasteiger partial charge >= 0.3 is 5.97 Å². The van der Waals surface area contributed by atoms with Gasteiger partial charge in [-0.05, 0) is 12.1 Å². The zero-order valence-corrected chi connectivity index (χ0v) is 10.9. The van der Waals surface area contributed by atoms with Crippen molar-refractivity contribution in [1.29, 1.82) is 0 Å². The molecule has 0 unspecified atom stereocenters. The zero-order chi connectivity index (χ0) is 14.1. The first-order chi connectivity index (χ1) is 9.66. The second kappa shape index (κ2) is 4.82. The van der Waals surface area contributed by atoms with Gasteiger partial charge in [0.05, 0.1) is 16.9 Å². The maximum atomic E-state index is 11.3. The number of aromatic carboxylic acids is 1. The summed E-state index contributed by atoms with van der Waals surface area (Å²) in [6, 6.07) is 8.75. The molecule has 0 radical (unpaired) electrons. The molecular weight excluding hydrogens is 280 g/mol. The monoisotopic (exact) mass is 288 g/mol. The lowest BCUT2D eigenvalue weighted by Gasteiger charge is -2.12. The first-order valence-corrected chi connectivity index (χ1v) is 6.12. The minimum atomic E-state index is -1.09. The molecule has 0 atom stereocenters. The molecule has 0 saturated heterocycles. The van der Waals surface area contributed by atoms with Crippen molar-refractivity contribution in [1.82, 2.24) is 14.6 Å². The van der Waals surface area contributed by atoms with Crippen molar-refractivity contribution < 1.29 is 9.90 Å². The fraction of sp³-hybridized carbons (Fsp3) is 0. The molecule has 0 bridgehead atoms. The van der Waals surface area contributed by atoms with Gasteiger partial charge in [0.25, 0.3) is 0 Å². The van der Waals surface area contributed by atoms with Crippen LogP contribution in [0, 0.1) is 0 Å². The Morgan fingerprint density at radius 1 is 1.30 bits per heavy atom. The quantitative estimate of drug-likeness (QED) is 0.775. The van der Waals surface area contributed by atoms with E-state index in [1.807, 2.05) is 0 Å². The molecule has 3 aromatic rings. The molecule has 2 aromatic heterocycles. The van der Waals surface area contributed by atoms with Crippen molar-refractivity contribution in [2.75, 3.05) is 5.32 Å². The highest BCUT2D eigenvalue weighted by molar-refractivity contribution is 6.33. The molecule has 0 fully saturated rings. The highest BCUT2D eigenvalue weighted by atomic mass is 35.5. The van der Waals surface area contributed by atoms with Crippen LogP contribution in [0.1, 0.15) is 10.4 Å². The molecule has 0 aliphatic rings. The van der Waals surface area contributed by atoms with Crippen molar-refractivity contribution in [3.8, 4) is 0 Å². The van der Waals surface area contributed by atoms with E-state index in [0.717, 1.165) is 0 Å². The van der Waals surface area contributed by atoms with Crippen LogP contribution < -0.4 is 5.32 Å². The van der Waals surface area contributed by atoms with Crippen LogP contribution in [0.5, 0.6) is 0 Å². The number of carboxylic acids is 1. The van der Waals surface area contributed by atoms with E-state index in [-0.39, 0.29) is 5.56 Å². The number of carbonyl (C=O) groups is 1. The van der Waals surface area contributed by atoms with Crippen molar-refractivity contribution >= 4 is 34.7 Å². The van der Waals surface area contributed by atoms with Crippen molar-refractivity contribution in [3.05, 3.63) is 53.3 Å². The van der Waals surface area contributed by atoms with Gasteiger partial charge < -0.3 is 10.4 Å². The third-order valence-corrected chi connectivity index (χ3v) is 3.10. The van der Waals surface area contributed by atoms with Gasteiger partial charge in [0.2, 0.25) is 0 Å². The number of rotatable bonds is 3. The van der Waals surface area contributed by atoms with Gasteiger partial charge in [-0.15, -0.1) is 0 Å². The summed E-state index contributed by atoms with van der Waals surface area (Å²) in [5, 5.41) is 16.8. The van der Waals surface area contributed by atoms with Crippen LogP contribution in [0.15, 0.2) is 42.7 Å². The molecule has 7 heteroatoms. The summed E-state index contributed by atoms with van der Waals surface area (Å²) in [5.41, 5.74) is 1.16. The fourth-order valence-electron chi connectivity index (χ4n) is 1.84. The molecule has 1 aromatic carbocycles. The maximum Gasteiger partial charge on any atom is 0.341 e. The molecule has 100 valence electrons. The number of benzene rings is 1. The van der Waals surface area contributed by atoms with Gasteiger partial charge in [0.1, 0.15) is 5.56 Å². The summed E-state index contributed by atoms with van der Waals surface area (Å²) in [7, 11) is 0. The summed E-state index contributed by atoms with van der Waals surface area (Å²) in [6.45, 7) is 0. The number of aromatic nitrogens is 3. The first kappa shape index (κ1) is 12.4. The van der Waals surface area contributed by atoms with Gasteiger partial charge in [-0.3, -0.25) is 0 Å². The van der Waals surface area contributed by atoms with Crippen molar-refractivity contribution in [2.24, 2.45) is 0 Å². The SMILES string of the molecule is O=C(O)c1cnc2ccnn2c1Nc1ccccc1Cl. The summed E-state index contributed by atoms with van der Waals surface area (Å²) in [5.74, 6) is -0.787. The lowest BCUT2D eigenvalue weighted by Crippen LogP contribution is -2.09. The van der Waals surface area contributed by atoms with Crippen molar-refractivity contribution in [2.45, 2.75) is 0 Å². The van der Waals surface area contributed by atoms with Crippen LogP contribution in [0.4, 0.5) is 11.5 Å². The van der Waals surface area contributed by atoms with Gasteiger partial charge in [0.15, 0.2) is 11.5 Å². The Labute approximate surface area is 118 Å². The van der Waals surface area contributed by atoms with E-state index >= 15 is 0 Å². The van der Waals surface area contributed by atoms with Crippen LogP contribution >= 0.6 is 11.6 Å². The van der Waals surface area contributed by atoms with E-state index in [0.29, 0.717) is 22.2 Å². The average molecular weight is 289 g/mol. The predicted octanol–water partition coefficient (Wildman–Crippen LogP) is 2.82. The lowest BCUT2D eigenvalue weighted by atomic mass is 10.2. The molecule has 0 amide bonds. The Hall–Kier alpha value is -2.60. The molecular formula is C13H9ClN4O2. The number of nitrogens with zero attached hydrogens (tertiary/aromatic N) is 3. The molecule has 0 aliphatic carbocycles. The number of carboxylic acid groups (broad SMARTS) is 1. The fourth-order valence-corrected chi connectivity index (χ4v) is 2.02. The van der Waals surface area contributed by atoms with Gasteiger partial charge in [-0.2, -0.15) is 9.61 Å². The largest absolute Gasteiger partial charge is 0.477 e. The molecule has 0 aliphatic heterocycles. The van der Waals surface area contributed by atoms with Gasteiger partial charge in [0, 0.05) is 12.3 Å². The molecule has 3 rings (SSSR count). The summed E-state index contributed by atoms with van der Waals surface area (Å²) in [4.78, 5) is 15.3. The smallest absolute Gasteiger partial charge is 0.341 e. The molecule has 6 nitrogen and oxygen atoms in total. The Bertz CT molecular complexity index is 800. The number of halogens is 1. The number of para-hydroxylation sites is 1. The van der Waals surface area contributed by atoms with Crippen LogP contribution in [0.25, 0.3) is 5.65 Å². The van der Waals surface area contributed by atoms with Crippen LogP contribution in [-0.2, 0) is 0 Å². The highest BCUT2D eigenvalue weighted by Gasteiger charge is 2.16. The summed E-state index contributed by atoms with van der Waals surface area (Å²) >= 11 is 6.08. The molecule has 2 heterocycles. The number of hydrogen-bond acceptors (Lipinski definition) is 4. The van der Waals surface area contributed by atoms with Crippen molar-refractivity contribution in [3.63, 3.8) is 0 Å². The van der Waals surface area contributed by atoms with Crippen LogP contribution in [-0.4, -0.2) is 25.7 Å². The Morgan fingerprint density at radius 3 is 2.85 bits per heavy atom. The third-order valence-electron chi connectivity index (χ3n) is 2.77. The Kier molecular flexibility index (Phi) is 3.00. The second-order valence-electron chi connectivity index (χ2n) is 4.03. The van der Waals surface area contributed by atoms with Gasteiger partial charge in [-0.25, -0.2) is 9.78 Å². The molecule has 2 N–H and O–H groups in total. The van der Waals surface area contributed by atoms with Gasteiger partial charge in [-0.1, -0.05) is 23.7 Å². The first-order valence-electron chi connectivity index (χ1n) is 5.74. The lowest BCUT2D eigenvalue weighted by molar-refractivity contribution is 0.0697. The zero-order valence-electron chi connectivity index (χ0n) is 10.1. The van der Waals surface area contributed by atoms with Crippen LogP contribution in [0.3, 0.4) is 0 Å². The number of fused-ring (bicyclic) bond motifs is 1.